The number of anilines is 2. The average Bonchev–Trinajstić information content (AvgIpc) is 2.83. The number of hydrogen-bond donors (Lipinski definition) is 0. The van der Waals surface area contributed by atoms with Gasteiger partial charge in [-0.2, -0.15) is 0 Å². The molecular formula is C28H25N3O4. The first-order valence-corrected chi connectivity index (χ1v) is 11.5. The Hall–Kier alpha value is -4.26. The number of nitro benzene ring substituents is 1. The molecule has 1 heterocycles. The third kappa shape index (κ3) is 3.99. The van der Waals surface area contributed by atoms with Crippen LogP contribution in [0.4, 0.5) is 21.9 Å². The molecular weight excluding hydrogens is 442 g/mol. The van der Waals surface area contributed by atoms with Crippen LogP contribution in [0.2, 0.25) is 0 Å². The van der Waals surface area contributed by atoms with Crippen molar-refractivity contribution in [1.82, 2.24) is 0 Å². The van der Waals surface area contributed by atoms with Gasteiger partial charge in [-0.3, -0.25) is 24.7 Å². The fourth-order valence-corrected chi connectivity index (χ4v) is 5.09. The Kier molecular flexibility index (Phi) is 5.47. The first-order chi connectivity index (χ1) is 16.8. The molecule has 5 rings (SSSR count). The molecule has 7 heteroatoms. The van der Waals surface area contributed by atoms with E-state index in [9.17, 15) is 19.7 Å². The number of nitrogens with zero attached hydrogens (tertiary/aromatic N) is 3. The Morgan fingerprint density at radius 2 is 1.49 bits per heavy atom. The largest absolute Gasteiger partial charge is 0.334 e. The molecule has 0 bridgehead atoms. The topological polar surface area (TPSA) is 83.8 Å². The van der Waals surface area contributed by atoms with Gasteiger partial charge in [0, 0.05) is 35.5 Å². The molecule has 1 unspecified atom stereocenters. The third-order valence-electron chi connectivity index (χ3n) is 6.54. The highest BCUT2D eigenvalue weighted by Crippen LogP contribution is 2.49. The SMILES string of the molecule is CC1(C)CC(=O)C2=C(C1)N(c1ccccc1)C(=O)N(c1ccccc1)C2c1cccc([N+](=O)[O-])c1. The minimum Gasteiger partial charge on any atom is -0.294 e. The second kappa shape index (κ2) is 8.51. The number of amides is 2. The maximum Gasteiger partial charge on any atom is 0.334 e. The van der Waals surface area contributed by atoms with Gasteiger partial charge in [0.25, 0.3) is 5.69 Å². The van der Waals surface area contributed by atoms with E-state index >= 15 is 0 Å². The van der Waals surface area contributed by atoms with Crippen LogP contribution in [0.1, 0.15) is 38.3 Å². The summed E-state index contributed by atoms with van der Waals surface area (Å²) >= 11 is 0. The van der Waals surface area contributed by atoms with Crippen molar-refractivity contribution in [2.24, 2.45) is 5.41 Å². The summed E-state index contributed by atoms with van der Waals surface area (Å²) in [5.74, 6) is -0.0536. The number of allylic oxidation sites excluding steroid dienone is 1. The first kappa shape index (κ1) is 22.5. The van der Waals surface area contributed by atoms with Gasteiger partial charge in [0.15, 0.2) is 5.78 Å². The molecule has 3 aromatic carbocycles. The lowest BCUT2D eigenvalue weighted by Crippen LogP contribution is -2.53. The first-order valence-electron chi connectivity index (χ1n) is 11.5. The highest BCUT2D eigenvalue weighted by atomic mass is 16.6. The Bertz CT molecular complexity index is 1350. The van der Waals surface area contributed by atoms with Crippen LogP contribution in [-0.4, -0.2) is 16.7 Å². The van der Waals surface area contributed by atoms with Crippen molar-refractivity contribution < 1.29 is 14.5 Å². The van der Waals surface area contributed by atoms with Gasteiger partial charge < -0.3 is 0 Å². The molecule has 7 nitrogen and oxygen atoms in total. The van der Waals surface area contributed by atoms with E-state index in [4.69, 9.17) is 0 Å². The second-order valence-electron chi connectivity index (χ2n) is 9.72. The minimum atomic E-state index is -0.775. The molecule has 2 amide bonds. The van der Waals surface area contributed by atoms with E-state index in [2.05, 4.69) is 0 Å². The average molecular weight is 468 g/mol. The van der Waals surface area contributed by atoms with Crippen LogP contribution in [0.5, 0.6) is 0 Å². The summed E-state index contributed by atoms with van der Waals surface area (Å²) in [7, 11) is 0. The van der Waals surface area contributed by atoms with Crippen LogP contribution >= 0.6 is 0 Å². The molecule has 176 valence electrons. The van der Waals surface area contributed by atoms with Crippen molar-refractivity contribution in [1.29, 1.82) is 0 Å². The van der Waals surface area contributed by atoms with Crippen molar-refractivity contribution in [3.63, 3.8) is 0 Å². The molecule has 35 heavy (non-hydrogen) atoms. The van der Waals surface area contributed by atoms with Crippen molar-refractivity contribution in [3.05, 3.63) is 112 Å². The zero-order valence-electron chi connectivity index (χ0n) is 19.5. The maximum atomic E-state index is 14.3. The molecule has 0 aromatic heterocycles. The van der Waals surface area contributed by atoms with Crippen LogP contribution in [0, 0.1) is 15.5 Å². The van der Waals surface area contributed by atoms with E-state index in [1.54, 1.807) is 21.9 Å². The third-order valence-corrected chi connectivity index (χ3v) is 6.54. The van der Waals surface area contributed by atoms with E-state index in [1.807, 2.05) is 74.5 Å². The lowest BCUT2D eigenvalue weighted by atomic mass is 9.72. The summed E-state index contributed by atoms with van der Waals surface area (Å²) in [6.07, 6.45) is 0.861. The number of para-hydroxylation sites is 2. The van der Waals surface area contributed by atoms with E-state index in [-0.39, 0.29) is 22.9 Å². The van der Waals surface area contributed by atoms with Crippen LogP contribution in [-0.2, 0) is 4.79 Å². The molecule has 0 saturated carbocycles. The summed E-state index contributed by atoms with van der Waals surface area (Å²) < 4.78 is 0. The Morgan fingerprint density at radius 1 is 0.857 bits per heavy atom. The minimum absolute atomic E-state index is 0.0536. The quantitative estimate of drug-likeness (QED) is 0.327. The van der Waals surface area contributed by atoms with Crippen molar-refractivity contribution in [2.45, 2.75) is 32.7 Å². The van der Waals surface area contributed by atoms with Gasteiger partial charge in [-0.25, -0.2) is 4.79 Å². The van der Waals surface area contributed by atoms with Gasteiger partial charge in [-0.15, -0.1) is 0 Å². The van der Waals surface area contributed by atoms with Crippen molar-refractivity contribution in [3.8, 4) is 0 Å². The van der Waals surface area contributed by atoms with Crippen LogP contribution in [0.3, 0.4) is 0 Å². The van der Waals surface area contributed by atoms with Gasteiger partial charge in [-0.1, -0.05) is 62.4 Å². The molecule has 0 saturated heterocycles. The summed E-state index contributed by atoms with van der Waals surface area (Å²) in [5.41, 5.74) is 2.57. The van der Waals surface area contributed by atoms with E-state index in [0.717, 1.165) is 0 Å². The molecule has 2 aliphatic rings. The predicted molar refractivity (Wildman–Crippen MR) is 134 cm³/mol. The number of nitro groups is 1. The fourth-order valence-electron chi connectivity index (χ4n) is 5.09. The number of benzene rings is 3. The summed E-state index contributed by atoms with van der Waals surface area (Å²) in [6, 6.07) is 23.6. The number of carbonyl (C=O) groups is 2. The molecule has 0 N–H and O–H groups in total. The van der Waals surface area contributed by atoms with Crippen LogP contribution in [0.15, 0.2) is 96.2 Å². The smallest absolute Gasteiger partial charge is 0.294 e. The summed E-state index contributed by atoms with van der Waals surface area (Å²) in [5, 5.41) is 11.6. The normalized spacial score (nSPS) is 19.5. The van der Waals surface area contributed by atoms with Gasteiger partial charge >= 0.3 is 6.03 Å². The lowest BCUT2D eigenvalue weighted by Gasteiger charge is -2.47. The standard InChI is InChI=1S/C28H25N3O4/c1-28(2)17-23-25(24(32)18-28)26(19-10-9-15-22(16-19)31(34)35)30(21-13-7-4-8-14-21)27(33)29(23)20-11-5-3-6-12-20/h3-16,26H,17-18H2,1-2H3. The van der Waals surface area contributed by atoms with Gasteiger partial charge in [0.05, 0.1) is 16.7 Å². The summed E-state index contributed by atoms with van der Waals surface area (Å²) in [4.78, 5) is 42.3. The molecule has 3 aromatic rings. The molecule has 1 aliphatic carbocycles. The Morgan fingerprint density at radius 3 is 2.11 bits per heavy atom. The van der Waals surface area contributed by atoms with E-state index in [1.165, 1.54) is 12.1 Å². The number of hydrogen-bond acceptors (Lipinski definition) is 4. The van der Waals surface area contributed by atoms with Crippen LogP contribution < -0.4 is 9.80 Å². The predicted octanol–water partition coefficient (Wildman–Crippen LogP) is 6.43. The Labute approximate surface area is 203 Å². The molecule has 0 radical (unpaired) electrons. The Balaban J connectivity index is 1.82. The lowest BCUT2D eigenvalue weighted by molar-refractivity contribution is -0.384. The number of non-ortho nitro benzene ring substituents is 1. The summed E-state index contributed by atoms with van der Waals surface area (Å²) in [6.45, 7) is 4.04. The highest BCUT2D eigenvalue weighted by Gasteiger charge is 2.48. The van der Waals surface area contributed by atoms with Crippen LogP contribution in [0.25, 0.3) is 0 Å². The number of ketones is 1. The van der Waals surface area contributed by atoms with E-state index < -0.39 is 11.0 Å². The van der Waals surface area contributed by atoms with Crippen molar-refractivity contribution >= 4 is 28.9 Å². The van der Waals surface area contributed by atoms with E-state index in [0.29, 0.717) is 41.1 Å². The number of Topliss-reactive ketones (excluding diaryl/α,β-unsaturated/α-hetero) is 1. The van der Waals surface area contributed by atoms with Crippen molar-refractivity contribution in [2.75, 3.05) is 9.80 Å². The zero-order chi connectivity index (χ0) is 24.7. The number of carbonyl (C=O) groups excluding carboxylic acids is 2. The second-order valence-corrected chi connectivity index (χ2v) is 9.72. The van der Waals surface area contributed by atoms with Gasteiger partial charge in [-0.05, 0) is 41.7 Å². The van der Waals surface area contributed by atoms with Gasteiger partial charge in [0.1, 0.15) is 0 Å². The maximum absolute atomic E-state index is 14.3. The molecule has 0 spiro atoms. The number of rotatable bonds is 4. The molecule has 1 aliphatic heterocycles. The highest BCUT2D eigenvalue weighted by molar-refractivity contribution is 6.13. The monoisotopic (exact) mass is 467 g/mol. The fraction of sp³-hybridized carbons (Fsp3) is 0.214. The number of urea groups is 1. The molecule has 0 fully saturated rings. The van der Waals surface area contributed by atoms with Gasteiger partial charge in [0.2, 0.25) is 0 Å². The molecule has 1 atom stereocenters. The zero-order valence-corrected chi connectivity index (χ0v) is 19.5.